The summed E-state index contributed by atoms with van der Waals surface area (Å²) >= 11 is 0. The SMILES string of the molecule is CCCNCC1CCCCC1C(C)CCOC. The third kappa shape index (κ3) is 5.39. The van der Waals surface area contributed by atoms with E-state index in [0.717, 1.165) is 24.4 Å². The molecule has 0 spiro atoms. The molecule has 3 unspecified atom stereocenters. The van der Waals surface area contributed by atoms with Gasteiger partial charge in [0.15, 0.2) is 0 Å². The molecular weight excluding hydrogens is 210 g/mol. The quantitative estimate of drug-likeness (QED) is 0.657. The fourth-order valence-electron chi connectivity index (χ4n) is 3.22. The van der Waals surface area contributed by atoms with Gasteiger partial charge in [-0.15, -0.1) is 0 Å². The molecule has 0 amide bonds. The molecule has 3 atom stereocenters. The Kier molecular flexibility index (Phi) is 7.87. The van der Waals surface area contributed by atoms with Gasteiger partial charge in [-0.3, -0.25) is 0 Å². The second-order valence-corrected chi connectivity index (χ2v) is 5.67. The fraction of sp³-hybridized carbons (Fsp3) is 1.00. The van der Waals surface area contributed by atoms with Crippen LogP contribution in [0.3, 0.4) is 0 Å². The zero-order valence-corrected chi connectivity index (χ0v) is 12.0. The van der Waals surface area contributed by atoms with E-state index in [2.05, 4.69) is 19.2 Å². The molecule has 0 aromatic rings. The summed E-state index contributed by atoms with van der Waals surface area (Å²) < 4.78 is 5.22. The van der Waals surface area contributed by atoms with Crippen LogP contribution in [0.1, 0.15) is 52.4 Å². The first-order chi connectivity index (χ1) is 8.29. The molecule has 0 aliphatic heterocycles. The van der Waals surface area contributed by atoms with Crippen molar-refractivity contribution < 1.29 is 4.74 Å². The summed E-state index contributed by atoms with van der Waals surface area (Å²) in [5, 5.41) is 3.61. The van der Waals surface area contributed by atoms with Crippen LogP contribution in [-0.2, 0) is 4.74 Å². The highest BCUT2D eigenvalue weighted by Gasteiger charge is 2.28. The Morgan fingerprint density at radius 2 is 2.06 bits per heavy atom. The number of methoxy groups -OCH3 is 1. The van der Waals surface area contributed by atoms with Crippen molar-refractivity contribution in [1.82, 2.24) is 5.32 Å². The molecule has 1 N–H and O–H groups in total. The van der Waals surface area contributed by atoms with E-state index in [1.165, 1.54) is 51.6 Å². The van der Waals surface area contributed by atoms with E-state index in [9.17, 15) is 0 Å². The zero-order chi connectivity index (χ0) is 12.5. The Morgan fingerprint density at radius 3 is 2.76 bits per heavy atom. The van der Waals surface area contributed by atoms with Crippen LogP contribution in [-0.4, -0.2) is 26.8 Å². The third-order valence-corrected chi connectivity index (χ3v) is 4.31. The lowest BCUT2D eigenvalue weighted by Crippen LogP contribution is -2.34. The average molecular weight is 241 g/mol. The standard InChI is InChI=1S/C15H31NO/c1-4-10-16-12-14-7-5-6-8-15(14)13(2)9-11-17-3/h13-16H,4-12H2,1-3H3. The number of rotatable bonds is 8. The van der Waals surface area contributed by atoms with Gasteiger partial charge < -0.3 is 10.1 Å². The van der Waals surface area contributed by atoms with Crippen LogP contribution >= 0.6 is 0 Å². The molecule has 102 valence electrons. The topological polar surface area (TPSA) is 21.3 Å². The van der Waals surface area contributed by atoms with E-state index in [1.807, 2.05) is 7.11 Å². The van der Waals surface area contributed by atoms with Crippen LogP contribution in [0.25, 0.3) is 0 Å². The van der Waals surface area contributed by atoms with Crippen molar-refractivity contribution in [3.05, 3.63) is 0 Å². The highest BCUT2D eigenvalue weighted by Crippen LogP contribution is 2.36. The Bertz CT molecular complexity index is 184. The van der Waals surface area contributed by atoms with Crippen LogP contribution in [0, 0.1) is 17.8 Å². The molecule has 1 rings (SSSR count). The van der Waals surface area contributed by atoms with Gasteiger partial charge in [-0.05, 0) is 56.5 Å². The van der Waals surface area contributed by atoms with Gasteiger partial charge in [0.2, 0.25) is 0 Å². The van der Waals surface area contributed by atoms with E-state index in [-0.39, 0.29) is 0 Å². The van der Waals surface area contributed by atoms with Crippen LogP contribution in [0.4, 0.5) is 0 Å². The van der Waals surface area contributed by atoms with E-state index < -0.39 is 0 Å². The predicted octanol–water partition coefficient (Wildman–Crippen LogP) is 3.47. The molecule has 1 aliphatic rings. The molecule has 0 bridgehead atoms. The van der Waals surface area contributed by atoms with Gasteiger partial charge in [-0.2, -0.15) is 0 Å². The van der Waals surface area contributed by atoms with E-state index in [0.29, 0.717) is 0 Å². The molecule has 0 saturated heterocycles. The minimum absolute atomic E-state index is 0.823. The maximum absolute atomic E-state index is 5.22. The molecule has 1 saturated carbocycles. The number of ether oxygens (including phenoxy) is 1. The maximum atomic E-state index is 5.22. The lowest BCUT2D eigenvalue weighted by molar-refractivity contribution is 0.121. The Morgan fingerprint density at radius 1 is 1.29 bits per heavy atom. The fourth-order valence-corrected chi connectivity index (χ4v) is 3.22. The Labute approximate surface area is 108 Å². The Hall–Kier alpha value is -0.0800. The van der Waals surface area contributed by atoms with Crippen LogP contribution < -0.4 is 5.32 Å². The first-order valence-corrected chi connectivity index (χ1v) is 7.49. The minimum Gasteiger partial charge on any atom is -0.385 e. The van der Waals surface area contributed by atoms with Crippen molar-refractivity contribution in [2.45, 2.75) is 52.4 Å². The molecule has 0 aromatic heterocycles. The summed E-state index contributed by atoms with van der Waals surface area (Å²) in [6.45, 7) is 7.99. The van der Waals surface area contributed by atoms with Gasteiger partial charge in [-0.1, -0.05) is 26.7 Å². The normalized spacial score (nSPS) is 27.0. The maximum Gasteiger partial charge on any atom is 0.0464 e. The molecule has 1 aliphatic carbocycles. The van der Waals surface area contributed by atoms with Gasteiger partial charge in [0.05, 0.1) is 0 Å². The molecule has 2 heteroatoms. The molecular formula is C15H31NO. The lowest BCUT2D eigenvalue weighted by Gasteiger charge is -2.36. The van der Waals surface area contributed by atoms with Gasteiger partial charge >= 0.3 is 0 Å². The monoisotopic (exact) mass is 241 g/mol. The summed E-state index contributed by atoms with van der Waals surface area (Å²) in [4.78, 5) is 0. The minimum atomic E-state index is 0.823. The van der Waals surface area contributed by atoms with Gasteiger partial charge in [0, 0.05) is 13.7 Å². The smallest absolute Gasteiger partial charge is 0.0464 e. The van der Waals surface area contributed by atoms with E-state index in [4.69, 9.17) is 4.74 Å². The summed E-state index contributed by atoms with van der Waals surface area (Å²) in [6, 6.07) is 0. The number of hydrogen-bond acceptors (Lipinski definition) is 2. The van der Waals surface area contributed by atoms with Crippen molar-refractivity contribution in [2.75, 3.05) is 26.8 Å². The highest BCUT2D eigenvalue weighted by atomic mass is 16.5. The summed E-state index contributed by atoms with van der Waals surface area (Å²) in [7, 11) is 1.81. The summed E-state index contributed by atoms with van der Waals surface area (Å²) in [5.74, 6) is 2.65. The van der Waals surface area contributed by atoms with E-state index in [1.54, 1.807) is 0 Å². The van der Waals surface area contributed by atoms with Gasteiger partial charge in [0.1, 0.15) is 0 Å². The largest absolute Gasteiger partial charge is 0.385 e. The van der Waals surface area contributed by atoms with Crippen molar-refractivity contribution in [2.24, 2.45) is 17.8 Å². The molecule has 17 heavy (non-hydrogen) atoms. The first-order valence-electron chi connectivity index (χ1n) is 7.49. The van der Waals surface area contributed by atoms with E-state index >= 15 is 0 Å². The molecule has 1 fully saturated rings. The van der Waals surface area contributed by atoms with Gasteiger partial charge in [0.25, 0.3) is 0 Å². The van der Waals surface area contributed by atoms with Crippen molar-refractivity contribution in [3.8, 4) is 0 Å². The van der Waals surface area contributed by atoms with Crippen LogP contribution in [0.15, 0.2) is 0 Å². The highest BCUT2D eigenvalue weighted by molar-refractivity contribution is 4.80. The molecule has 0 aromatic carbocycles. The number of nitrogens with one attached hydrogen (secondary N) is 1. The number of hydrogen-bond donors (Lipinski definition) is 1. The molecule has 0 radical (unpaired) electrons. The van der Waals surface area contributed by atoms with Gasteiger partial charge in [-0.25, -0.2) is 0 Å². The van der Waals surface area contributed by atoms with Crippen LogP contribution in [0.5, 0.6) is 0 Å². The predicted molar refractivity (Wildman–Crippen MR) is 74.3 cm³/mol. The summed E-state index contributed by atoms with van der Waals surface area (Å²) in [5.41, 5.74) is 0. The van der Waals surface area contributed by atoms with Crippen molar-refractivity contribution in [3.63, 3.8) is 0 Å². The van der Waals surface area contributed by atoms with Crippen molar-refractivity contribution in [1.29, 1.82) is 0 Å². The second-order valence-electron chi connectivity index (χ2n) is 5.67. The van der Waals surface area contributed by atoms with Crippen molar-refractivity contribution >= 4 is 0 Å². The molecule has 2 nitrogen and oxygen atoms in total. The van der Waals surface area contributed by atoms with Crippen LogP contribution in [0.2, 0.25) is 0 Å². The Balaban J connectivity index is 2.35. The third-order valence-electron chi connectivity index (χ3n) is 4.31. The first kappa shape index (κ1) is 15.0. The summed E-state index contributed by atoms with van der Waals surface area (Å²) in [6.07, 6.45) is 8.21. The molecule has 0 heterocycles. The second kappa shape index (κ2) is 8.93. The lowest BCUT2D eigenvalue weighted by atomic mass is 9.72. The zero-order valence-electron chi connectivity index (χ0n) is 12.0. The average Bonchev–Trinajstić information content (AvgIpc) is 2.37.